The molecule has 2 rings (SSSR count). The molecular formula is C17H10Cl4O. The Labute approximate surface area is 148 Å². The van der Waals surface area contributed by atoms with Crippen molar-refractivity contribution in [3.63, 3.8) is 0 Å². The Morgan fingerprint density at radius 2 is 1.09 bits per heavy atom. The first-order valence-electron chi connectivity index (χ1n) is 6.26. The predicted octanol–water partition coefficient (Wildman–Crippen LogP) is 6.60. The van der Waals surface area contributed by atoms with Gasteiger partial charge in [0.1, 0.15) is 0 Å². The number of hydrogen-bond donors (Lipinski definition) is 0. The van der Waals surface area contributed by atoms with Gasteiger partial charge in [-0.15, -0.1) is 0 Å². The van der Waals surface area contributed by atoms with E-state index in [1.807, 2.05) is 0 Å². The lowest BCUT2D eigenvalue weighted by Crippen LogP contribution is -1.85. The Bertz CT molecular complexity index is 700. The Kier molecular flexibility index (Phi) is 6.10. The molecule has 0 spiro atoms. The molecule has 0 saturated heterocycles. The largest absolute Gasteiger partial charge is 0.290 e. The number of ketones is 1. The van der Waals surface area contributed by atoms with Crippen LogP contribution in [0.5, 0.6) is 0 Å². The molecular weight excluding hydrogens is 362 g/mol. The van der Waals surface area contributed by atoms with Crippen molar-refractivity contribution in [1.29, 1.82) is 0 Å². The maximum Gasteiger partial charge on any atom is 0.178 e. The number of carbonyl (C=O) groups is 1. The van der Waals surface area contributed by atoms with E-state index in [1.54, 1.807) is 48.6 Å². The zero-order valence-corrected chi connectivity index (χ0v) is 14.2. The predicted molar refractivity (Wildman–Crippen MR) is 96.0 cm³/mol. The minimum Gasteiger partial charge on any atom is -0.290 e. The molecule has 2 aromatic carbocycles. The van der Waals surface area contributed by atoms with Crippen LogP contribution < -0.4 is 0 Å². The van der Waals surface area contributed by atoms with Crippen molar-refractivity contribution in [2.75, 3.05) is 0 Å². The van der Waals surface area contributed by atoms with Crippen molar-refractivity contribution < 1.29 is 4.79 Å². The highest BCUT2D eigenvalue weighted by molar-refractivity contribution is 6.42. The second-order valence-corrected chi connectivity index (χ2v) is 6.04. The molecule has 0 N–H and O–H groups in total. The van der Waals surface area contributed by atoms with Gasteiger partial charge in [0.2, 0.25) is 0 Å². The summed E-state index contributed by atoms with van der Waals surface area (Å²) in [5.74, 6) is -0.155. The highest BCUT2D eigenvalue weighted by atomic mass is 35.5. The molecule has 0 aromatic heterocycles. The molecule has 112 valence electrons. The lowest BCUT2D eigenvalue weighted by atomic mass is 10.1. The Morgan fingerprint density at radius 3 is 1.45 bits per heavy atom. The molecule has 5 heteroatoms. The highest BCUT2D eigenvalue weighted by Crippen LogP contribution is 2.24. The van der Waals surface area contributed by atoms with Crippen LogP contribution in [0, 0.1) is 0 Å². The van der Waals surface area contributed by atoms with Crippen molar-refractivity contribution in [2.24, 2.45) is 0 Å². The topological polar surface area (TPSA) is 17.1 Å². The molecule has 0 radical (unpaired) electrons. The van der Waals surface area contributed by atoms with E-state index >= 15 is 0 Å². The summed E-state index contributed by atoms with van der Waals surface area (Å²) in [6.07, 6.45) is 6.24. The van der Waals surface area contributed by atoms with Crippen molar-refractivity contribution in [3.8, 4) is 0 Å². The second-order valence-electron chi connectivity index (χ2n) is 4.42. The lowest BCUT2D eigenvalue weighted by Gasteiger charge is -1.97. The van der Waals surface area contributed by atoms with E-state index in [0.29, 0.717) is 20.1 Å². The summed E-state index contributed by atoms with van der Waals surface area (Å²) < 4.78 is 0. The first-order valence-corrected chi connectivity index (χ1v) is 7.77. The monoisotopic (exact) mass is 370 g/mol. The van der Waals surface area contributed by atoms with E-state index in [0.717, 1.165) is 11.1 Å². The molecule has 2 aromatic rings. The number of benzene rings is 2. The SMILES string of the molecule is O=C(C=Cc1ccc(Cl)c(Cl)c1)C=Cc1ccc(Cl)c(Cl)c1. The average Bonchev–Trinajstić information content (AvgIpc) is 2.49. The van der Waals surface area contributed by atoms with Crippen LogP contribution in [-0.4, -0.2) is 5.78 Å². The number of allylic oxidation sites excluding steroid dienone is 2. The van der Waals surface area contributed by atoms with Crippen LogP contribution in [-0.2, 0) is 4.79 Å². The third kappa shape index (κ3) is 4.89. The summed E-state index contributed by atoms with van der Waals surface area (Å²) in [4.78, 5) is 11.8. The van der Waals surface area contributed by atoms with Crippen LogP contribution >= 0.6 is 46.4 Å². The molecule has 22 heavy (non-hydrogen) atoms. The molecule has 0 heterocycles. The van der Waals surface area contributed by atoms with Crippen molar-refractivity contribution in [1.82, 2.24) is 0 Å². The summed E-state index contributed by atoms with van der Waals surface area (Å²) in [6.45, 7) is 0. The smallest absolute Gasteiger partial charge is 0.178 e. The summed E-state index contributed by atoms with van der Waals surface area (Å²) in [5.41, 5.74) is 1.59. The molecule has 0 aliphatic heterocycles. The third-order valence-electron chi connectivity index (χ3n) is 2.77. The van der Waals surface area contributed by atoms with Crippen LogP contribution in [0.15, 0.2) is 48.6 Å². The third-order valence-corrected chi connectivity index (χ3v) is 4.25. The van der Waals surface area contributed by atoms with Gasteiger partial charge in [0, 0.05) is 0 Å². The van der Waals surface area contributed by atoms with Crippen LogP contribution in [0.25, 0.3) is 12.2 Å². The van der Waals surface area contributed by atoms with Gasteiger partial charge >= 0.3 is 0 Å². The fraction of sp³-hybridized carbons (Fsp3) is 0. The zero-order chi connectivity index (χ0) is 16.1. The molecule has 1 nitrogen and oxygen atoms in total. The highest BCUT2D eigenvalue weighted by Gasteiger charge is 1.99. The number of halogens is 4. The minimum absolute atomic E-state index is 0.155. The quantitative estimate of drug-likeness (QED) is 0.553. The molecule has 0 fully saturated rings. The van der Waals surface area contributed by atoms with Gasteiger partial charge in [-0.25, -0.2) is 0 Å². The molecule has 0 saturated carbocycles. The molecule has 0 bridgehead atoms. The maximum absolute atomic E-state index is 11.8. The van der Waals surface area contributed by atoms with Gasteiger partial charge < -0.3 is 0 Å². The van der Waals surface area contributed by atoms with E-state index in [4.69, 9.17) is 46.4 Å². The molecule has 0 atom stereocenters. The van der Waals surface area contributed by atoms with Crippen LogP contribution in [0.2, 0.25) is 20.1 Å². The molecule has 0 unspecified atom stereocenters. The first kappa shape index (κ1) is 17.1. The fourth-order valence-electron chi connectivity index (χ4n) is 1.64. The van der Waals surface area contributed by atoms with Gasteiger partial charge in [-0.2, -0.15) is 0 Å². The Morgan fingerprint density at radius 1 is 0.682 bits per heavy atom. The van der Waals surface area contributed by atoms with E-state index < -0.39 is 0 Å². The normalized spacial score (nSPS) is 11.5. The van der Waals surface area contributed by atoms with E-state index in [-0.39, 0.29) is 5.78 Å². The van der Waals surface area contributed by atoms with E-state index in [9.17, 15) is 4.79 Å². The van der Waals surface area contributed by atoms with E-state index in [2.05, 4.69) is 0 Å². The van der Waals surface area contributed by atoms with E-state index in [1.165, 1.54) is 12.2 Å². The number of carbonyl (C=O) groups excluding carboxylic acids is 1. The van der Waals surface area contributed by atoms with Crippen LogP contribution in [0.4, 0.5) is 0 Å². The van der Waals surface area contributed by atoms with Gasteiger partial charge in [0.25, 0.3) is 0 Å². The van der Waals surface area contributed by atoms with Crippen molar-refractivity contribution in [2.45, 2.75) is 0 Å². The fourth-order valence-corrected chi connectivity index (χ4v) is 2.26. The summed E-state index contributed by atoms with van der Waals surface area (Å²) in [7, 11) is 0. The van der Waals surface area contributed by atoms with Gasteiger partial charge in [0.05, 0.1) is 20.1 Å². The summed E-state index contributed by atoms with van der Waals surface area (Å²) in [5, 5.41) is 1.85. The van der Waals surface area contributed by atoms with Gasteiger partial charge in [0.15, 0.2) is 5.78 Å². The van der Waals surface area contributed by atoms with Crippen LogP contribution in [0.3, 0.4) is 0 Å². The number of hydrogen-bond acceptors (Lipinski definition) is 1. The number of rotatable bonds is 4. The van der Waals surface area contributed by atoms with Crippen molar-refractivity contribution >= 4 is 64.3 Å². The summed E-state index contributed by atoms with van der Waals surface area (Å²) in [6, 6.07) is 10.3. The molecule has 0 aliphatic rings. The van der Waals surface area contributed by atoms with Crippen LogP contribution in [0.1, 0.15) is 11.1 Å². The summed E-state index contributed by atoms with van der Waals surface area (Å²) >= 11 is 23.5. The molecule has 0 amide bonds. The average molecular weight is 372 g/mol. The van der Waals surface area contributed by atoms with Gasteiger partial charge in [-0.05, 0) is 47.5 Å². The molecule has 0 aliphatic carbocycles. The second kappa shape index (κ2) is 7.85. The Hall–Kier alpha value is -1.25. The van der Waals surface area contributed by atoms with Crippen molar-refractivity contribution in [3.05, 3.63) is 79.8 Å². The first-order chi connectivity index (χ1) is 10.5. The maximum atomic E-state index is 11.8. The zero-order valence-electron chi connectivity index (χ0n) is 11.2. The van der Waals surface area contributed by atoms with Gasteiger partial charge in [-0.1, -0.05) is 70.7 Å². The minimum atomic E-state index is -0.155. The Balaban J connectivity index is 2.05. The standard InChI is InChI=1S/C17H10Cl4O/c18-14-7-3-11(9-16(14)20)1-5-13(22)6-2-12-4-8-15(19)17(21)10-12/h1-10H. The van der Waals surface area contributed by atoms with Gasteiger partial charge in [-0.3, -0.25) is 4.79 Å². The lowest BCUT2D eigenvalue weighted by molar-refractivity contribution is -0.110.